The number of nitrogens with two attached hydrogens (primary N) is 1. The molecule has 2 rings (SSSR count). The van der Waals surface area contributed by atoms with E-state index in [0.717, 1.165) is 5.56 Å². The van der Waals surface area contributed by atoms with E-state index >= 15 is 0 Å². The standard InChI is InChI=1S/C10H10N4O/c11-10(15)9(14-7-1-4-13-14)8-2-5-12-6-3-8/h1-7,9H,(H2,11,15). The van der Waals surface area contributed by atoms with Crippen molar-refractivity contribution in [3.8, 4) is 0 Å². The zero-order valence-corrected chi connectivity index (χ0v) is 7.95. The molecule has 2 aromatic heterocycles. The summed E-state index contributed by atoms with van der Waals surface area (Å²) in [5.41, 5.74) is 6.12. The van der Waals surface area contributed by atoms with Gasteiger partial charge in [-0.05, 0) is 23.8 Å². The van der Waals surface area contributed by atoms with Crippen molar-refractivity contribution in [3.63, 3.8) is 0 Å². The molecule has 0 spiro atoms. The van der Waals surface area contributed by atoms with Gasteiger partial charge in [0.2, 0.25) is 5.91 Å². The molecule has 0 aliphatic heterocycles. The normalized spacial score (nSPS) is 12.3. The highest BCUT2D eigenvalue weighted by molar-refractivity contribution is 5.81. The second kappa shape index (κ2) is 3.91. The molecule has 0 saturated carbocycles. The second-order valence-corrected chi connectivity index (χ2v) is 3.07. The molecule has 2 heterocycles. The molecular formula is C10H10N4O. The van der Waals surface area contributed by atoms with Gasteiger partial charge < -0.3 is 5.73 Å². The van der Waals surface area contributed by atoms with E-state index in [2.05, 4.69) is 10.1 Å². The Morgan fingerprint density at radius 2 is 2.07 bits per heavy atom. The minimum absolute atomic E-state index is 0.440. The first kappa shape index (κ1) is 9.39. The molecule has 15 heavy (non-hydrogen) atoms. The van der Waals surface area contributed by atoms with Crippen molar-refractivity contribution < 1.29 is 4.79 Å². The van der Waals surface area contributed by atoms with Crippen LogP contribution in [-0.4, -0.2) is 20.7 Å². The van der Waals surface area contributed by atoms with Crippen molar-refractivity contribution in [2.45, 2.75) is 6.04 Å². The number of pyridine rings is 1. The van der Waals surface area contributed by atoms with Crippen molar-refractivity contribution in [3.05, 3.63) is 48.5 Å². The molecule has 0 aromatic carbocycles. The third kappa shape index (κ3) is 1.85. The summed E-state index contributed by atoms with van der Waals surface area (Å²) in [6.07, 6.45) is 6.55. The van der Waals surface area contributed by atoms with Crippen molar-refractivity contribution in [1.82, 2.24) is 14.8 Å². The Labute approximate surface area is 86.5 Å². The molecule has 1 unspecified atom stereocenters. The van der Waals surface area contributed by atoms with Crippen LogP contribution in [-0.2, 0) is 4.79 Å². The van der Waals surface area contributed by atoms with Gasteiger partial charge in [-0.15, -0.1) is 0 Å². The van der Waals surface area contributed by atoms with E-state index in [1.165, 1.54) is 4.68 Å². The lowest BCUT2D eigenvalue weighted by atomic mass is 10.1. The van der Waals surface area contributed by atoms with Gasteiger partial charge in [-0.1, -0.05) is 0 Å². The zero-order valence-electron chi connectivity index (χ0n) is 7.95. The van der Waals surface area contributed by atoms with Crippen molar-refractivity contribution in [2.75, 3.05) is 0 Å². The molecule has 2 aromatic rings. The highest BCUT2D eigenvalue weighted by atomic mass is 16.1. The number of carbonyl (C=O) groups is 1. The minimum atomic E-state index is -0.567. The molecule has 5 nitrogen and oxygen atoms in total. The fourth-order valence-corrected chi connectivity index (χ4v) is 1.43. The molecule has 0 aliphatic rings. The average Bonchev–Trinajstić information content (AvgIpc) is 2.72. The summed E-state index contributed by atoms with van der Waals surface area (Å²) in [6.45, 7) is 0. The maximum absolute atomic E-state index is 11.3. The van der Waals surface area contributed by atoms with Crippen LogP contribution in [0.1, 0.15) is 11.6 Å². The summed E-state index contributed by atoms with van der Waals surface area (Å²) in [6, 6.07) is 4.67. The number of hydrogen-bond acceptors (Lipinski definition) is 3. The number of rotatable bonds is 3. The van der Waals surface area contributed by atoms with Gasteiger partial charge in [0.05, 0.1) is 0 Å². The first-order valence-corrected chi connectivity index (χ1v) is 4.47. The number of primary amides is 1. The van der Waals surface area contributed by atoms with E-state index in [4.69, 9.17) is 5.73 Å². The fraction of sp³-hybridized carbons (Fsp3) is 0.100. The van der Waals surface area contributed by atoms with Crippen LogP contribution in [0.25, 0.3) is 0 Å². The van der Waals surface area contributed by atoms with Crippen LogP contribution in [0.2, 0.25) is 0 Å². The summed E-state index contributed by atoms with van der Waals surface area (Å²) in [4.78, 5) is 15.2. The Bertz CT molecular complexity index is 438. The van der Waals surface area contributed by atoms with Crippen LogP contribution in [0.15, 0.2) is 43.0 Å². The van der Waals surface area contributed by atoms with Gasteiger partial charge in [0.15, 0.2) is 6.04 Å². The van der Waals surface area contributed by atoms with Gasteiger partial charge in [0, 0.05) is 24.8 Å². The number of aromatic nitrogens is 3. The molecule has 2 N–H and O–H groups in total. The lowest BCUT2D eigenvalue weighted by molar-refractivity contribution is -0.120. The smallest absolute Gasteiger partial charge is 0.246 e. The molecule has 76 valence electrons. The molecular weight excluding hydrogens is 192 g/mol. The highest BCUT2D eigenvalue weighted by Gasteiger charge is 2.19. The van der Waals surface area contributed by atoms with Gasteiger partial charge in [-0.25, -0.2) is 0 Å². The van der Waals surface area contributed by atoms with Gasteiger partial charge in [-0.3, -0.25) is 14.5 Å². The molecule has 5 heteroatoms. The Kier molecular flexibility index (Phi) is 2.45. The second-order valence-electron chi connectivity index (χ2n) is 3.07. The van der Waals surface area contributed by atoms with E-state index in [9.17, 15) is 4.79 Å². The number of amides is 1. The van der Waals surface area contributed by atoms with Crippen LogP contribution in [0.4, 0.5) is 0 Å². The van der Waals surface area contributed by atoms with E-state index in [-0.39, 0.29) is 0 Å². The van der Waals surface area contributed by atoms with Crippen LogP contribution >= 0.6 is 0 Å². The Morgan fingerprint density at radius 3 is 2.60 bits per heavy atom. The summed E-state index contributed by atoms with van der Waals surface area (Å²) in [5.74, 6) is -0.440. The van der Waals surface area contributed by atoms with Gasteiger partial charge >= 0.3 is 0 Å². The highest BCUT2D eigenvalue weighted by Crippen LogP contribution is 2.15. The predicted molar refractivity (Wildman–Crippen MR) is 53.8 cm³/mol. The molecule has 0 aliphatic carbocycles. The number of carbonyl (C=O) groups excluding carboxylic acids is 1. The maximum Gasteiger partial charge on any atom is 0.246 e. The van der Waals surface area contributed by atoms with E-state index in [0.29, 0.717) is 0 Å². The average molecular weight is 202 g/mol. The summed E-state index contributed by atoms with van der Waals surface area (Å²) in [7, 11) is 0. The first-order chi connectivity index (χ1) is 7.29. The fourth-order valence-electron chi connectivity index (χ4n) is 1.43. The van der Waals surface area contributed by atoms with Gasteiger partial charge in [-0.2, -0.15) is 5.10 Å². The largest absolute Gasteiger partial charge is 0.368 e. The number of nitrogens with zero attached hydrogens (tertiary/aromatic N) is 3. The van der Waals surface area contributed by atoms with E-state index < -0.39 is 11.9 Å². The lowest BCUT2D eigenvalue weighted by Gasteiger charge is -2.13. The third-order valence-electron chi connectivity index (χ3n) is 2.08. The van der Waals surface area contributed by atoms with Crippen molar-refractivity contribution in [2.24, 2.45) is 5.73 Å². The SMILES string of the molecule is NC(=O)C(c1ccncc1)n1cccn1. The zero-order chi connectivity index (χ0) is 10.7. The van der Waals surface area contributed by atoms with Gasteiger partial charge in [0.1, 0.15) is 0 Å². The van der Waals surface area contributed by atoms with Crippen LogP contribution in [0, 0.1) is 0 Å². The van der Waals surface area contributed by atoms with Crippen molar-refractivity contribution in [1.29, 1.82) is 0 Å². The van der Waals surface area contributed by atoms with Gasteiger partial charge in [0.25, 0.3) is 0 Å². The topological polar surface area (TPSA) is 73.8 Å². The third-order valence-corrected chi connectivity index (χ3v) is 2.08. The van der Waals surface area contributed by atoms with E-state index in [1.54, 1.807) is 43.0 Å². The van der Waals surface area contributed by atoms with E-state index in [1.807, 2.05) is 0 Å². The molecule has 1 amide bonds. The monoisotopic (exact) mass is 202 g/mol. The first-order valence-electron chi connectivity index (χ1n) is 4.47. The number of hydrogen-bond donors (Lipinski definition) is 1. The van der Waals surface area contributed by atoms with Crippen molar-refractivity contribution >= 4 is 5.91 Å². The minimum Gasteiger partial charge on any atom is -0.368 e. The summed E-state index contributed by atoms with van der Waals surface area (Å²) < 4.78 is 1.53. The summed E-state index contributed by atoms with van der Waals surface area (Å²) in [5, 5.41) is 4.01. The Hall–Kier alpha value is -2.17. The maximum atomic E-state index is 11.3. The van der Waals surface area contributed by atoms with Crippen LogP contribution in [0.5, 0.6) is 0 Å². The molecule has 1 atom stereocenters. The molecule has 0 fully saturated rings. The predicted octanol–water partition coefficient (Wildman–Crippen LogP) is 0.353. The lowest BCUT2D eigenvalue weighted by Crippen LogP contribution is -2.27. The molecule has 0 radical (unpaired) electrons. The molecule has 0 saturated heterocycles. The Morgan fingerprint density at radius 1 is 1.33 bits per heavy atom. The van der Waals surface area contributed by atoms with Crippen LogP contribution in [0.3, 0.4) is 0 Å². The quantitative estimate of drug-likeness (QED) is 0.780. The molecule has 0 bridgehead atoms. The Balaban J connectivity index is 2.42. The van der Waals surface area contributed by atoms with Crippen LogP contribution < -0.4 is 5.73 Å². The summed E-state index contributed by atoms with van der Waals surface area (Å²) >= 11 is 0.